The second kappa shape index (κ2) is 7.89. The molecule has 4 rings (SSSR count). The Kier molecular flexibility index (Phi) is 4.98. The van der Waals surface area contributed by atoms with Crippen LogP contribution in [0.25, 0.3) is 11.0 Å². The summed E-state index contributed by atoms with van der Waals surface area (Å²) < 4.78 is 13.1. The van der Waals surface area contributed by atoms with Crippen molar-refractivity contribution >= 4 is 28.9 Å². The third kappa shape index (κ3) is 3.96. The number of pyridine rings is 1. The van der Waals surface area contributed by atoms with Gasteiger partial charge >= 0.3 is 0 Å². The Hall–Kier alpha value is -4.07. The van der Waals surface area contributed by atoms with Crippen molar-refractivity contribution in [3.8, 4) is 17.2 Å². The summed E-state index contributed by atoms with van der Waals surface area (Å²) in [5.74, 6) is 2.70. The minimum atomic E-state index is 0.494. The molecule has 8 heteroatoms. The minimum Gasteiger partial charge on any atom is -0.497 e. The monoisotopic (exact) mass is 389 g/mol. The summed E-state index contributed by atoms with van der Waals surface area (Å²) in [4.78, 5) is 8.74. The molecule has 0 amide bonds. The summed E-state index contributed by atoms with van der Waals surface area (Å²) in [7, 11) is 3.58. The fourth-order valence-electron chi connectivity index (χ4n) is 2.94. The van der Waals surface area contributed by atoms with Crippen LogP contribution in [0.5, 0.6) is 17.2 Å². The van der Waals surface area contributed by atoms with Crippen molar-refractivity contribution < 1.29 is 14.7 Å². The SMILES string of the molecule is COc1cccc(Nc2nc3cc(Oc4ccnc(/C=N/O)c4)ccc3n2C)c1. The molecule has 2 aromatic heterocycles. The lowest BCUT2D eigenvalue weighted by Gasteiger charge is -2.08. The van der Waals surface area contributed by atoms with Crippen molar-refractivity contribution in [3.05, 3.63) is 66.5 Å². The molecule has 2 aromatic carbocycles. The van der Waals surface area contributed by atoms with Gasteiger partial charge in [-0.2, -0.15) is 0 Å². The Labute approximate surface area is 167 Å². The predicted molar refractivity (Wildman–Crippen MR) is 111 cm³/mol. The van der Waals surface area contributed by atoms with Gasteiger partial charge in [-0.15, -0.1) is 0 Å². The maximum Gasteiger partial charge on any atom is 0.208 e. The molecule has 0 unspecified atom stereocenters. The minimum absolute atomic E-state index is 0.494. The molecule has 0 saturated heterocycles. The highest BCUT2D eigenvalue weighted by Crippen LogP contribution is 2.28. The van der Waals surface area contributed by atoms with Crippen molar-refractivity contribution in [2.24, 2.45) is 12.2 Å². The number of hydrogen-bond acceptors (Lipinski definition) is 7. The molecular weight excluding hydrogens is 370 g/mol. The van der Waals surface area contributed by atoms with E-state index in [9.17, 15) is 0 Å². The van der Waals surface area contributed by atoms with Gasteiger partial charge in [0.25, 0.3) is 0 Å². The van der Waals surface area contributed by atoms with Crippen LogP contribution in [0.15, 0.2) is 65.9 Å². The Morgan fingerprint density at radius 2 is 1.93 bits per heavy atom. The second-order valence-corrected chi connectivity index (χ2v) is 6.26. The maximum absolute atomic E-state index is 8.65. The van der Waals surface area contributed by atoms with Crippen LogP contribution in [-0.4, -0.2) is 33.1 Å². The first-order chi connectivity index (χ1) is 14.2. The largest absolute Gasteiger partial charge is 0.497 e. The van der Waals surface area contributed by atoms with Gasteiger partial charge in [0.1, 0.15) is 17.2 Å². The molecule has 2 N–H and O–H groups in total. The van der Waals surface area contributed by atoms with E-state index in [2.05, 4.69) is 20.4 Å². The van der Waals surface area contributed by atoms with Gasteiger partial charge in [-0.25, -0.2) is 4.98 Å². The Morgan fingerprint density at radius 3 is 2.76 bits per heavy atom. The third-order valence-electron chi connectivity index (χ3n) is 4.36. The molecule has 0 atom stereocenters. The zero-order valence-corrected chi connectivity index (χ0v) is 15.9. The lowest BCUT2D eigenvalue weighted by atomic mass is 10.3. The lowest BCUT2D eigenvalue weighted by molar-refractivity contribution is 0.321. The molecule has 0 aliphatic carbocycles. The van der Waals surface area contributed by atoms with Crippen molar-refractivity contribution in [1.29, 1.82) is 0 Å². The summed E-state index contributed by atoms with van der Waals surface area (Å²) >= 11 is 0. The van der Waals surface area contributed by atoms with E-state index in [0.29, 0.717) is 23.1 Å². The molecule has 0 aliphatic heterocycles. The number of aromatic nitrogens is 3. The molecule has 0 radical (unpaired) electrons. The van der Waals surface area contributed by atoms with Crippen LogP contribution in [0, 0.1) is 0 Å². The number of benzene rings is 2. The summed E-state index contributed by atoms with van der Waals surface area (Å²) in [5, 5.41) is 14.9. The first-order valence-electron chi connectivity index (χ1n) is 8.85. The highest BCUT2D eigenvalue weighted by Gasteiger charge is 2.10. The molecule has 146 valence electrons. The molecule has 29 heavy (non-hydrogen) atoms. The van der Waals surface area contributed by atoms with E-state index in [1.165, 1.54) is 6.21 Å². The van der Waals surface area contributed by atoms with Crippen LogP contribution >= 0.6 is 0 Å². The molecule has 4 aromatic rings. The van der Waals surface area contributed by atoms with Crippen LogP contribution in [0.3, 0.4) is 0 Å². The van der Waals surface area contributed by atoms with Crippen LogP contribution in [0.2, 0.25) is 0 Å². The van der Waals surface area contributed by atoms with Gasteiger partial charge < -0.3 is 24.6 Å². The maximum atomic E-state index is 8.65. The first-order valence-corrected chi connectivity index (χ1v) is 8.85. The van der Waals surface area contributed by atoms with E-state index in [-0.39, 0.29) is 0 Å². The Balaban J connectivity index is 1.60. The first kappa shape index (κ1) is 18.3. The molecular formula is C21H19N5O3. The topological polar surface area (TPSA) is 93.8 Å². The highest BCUT2D eigenvalue weighted by atomic mass is 16.5. The number of aryl methyl sites for hydroxylation is 1. The number of ether oxygens (including phenoxy) is 2. The molecule has 0 fully saturated rings. The normalized spacial score (nSPS) is 11.1. The van der Waals surface area contributed by atoms with E-state index in [1.807, 2.05) is 54.1 Å². The summed E-state index contributed by atoms with van der Waals surface area (Å²) in [6.45, 7) is 0. The zero-order valence-electron chi connectivity index (χ0n) is 15.9. The number of hydrogen-bond donors (Lipinski definition) is 2. The van der Waals surface area contributed by atoms with Gasteiger partial charge in [-0.1, -0.05) is 11.2 Å². The number of nitrogens with zero attached hydrogens (tertiary/aromatic N) is 4. The zero-order chi connectivity index (χ0) is 20.2. The second-order valence-electron chi connectivity index (χ2n) is 6.26. The van der Waals surface area contributed by atoms with Crippen molar-refractivity contribution in [2.45, 2.75) is 0 Å². The van der Waals surface area contributed by atoms with Gasteiger partial charge in [0.15, 0.2) is 0 Å². The Bertz CT molecular complexity index is 1190. The molecule has 8 nitrogen and oxygen atoms in total. The van der Waals surface area contributed by atoms with E-state index in [1.54, 1.807) is 25.4 Å². The average Bonchev–Trinajstić information content (AvgIpc) is 3.03. The van der Waals surface area contributed by atoms with Crippen LogP contribution in [-0.2, 0) is 7.05 Å². The molecule has 0 saturated carbocycles. The standard InChI is InChI=1S/C21H19N5O3/c1-26-20-7-6-17(29-18-8-9-22-15(11-18)13-23-27)12-19(20)25-21(26)24-14-4-3-5-16(10-14)28-2/h3-13,27H,1-2H3,(H,24,25)/b23-13+. The smallest absolute Gasteiger partial charge is 0.208 e. The van der Waals surface area contributed by atoms with Crippen LogP contribution < -0.4 is 14.8 Å². The number of oxime groups is 1. The highest BCUT2D eigenvalue weighted by molar-refractivity contribution is 5.81. The number of rotatable bonds is 6. The Morgan fingerprint density at radius 1 is 1.07 bits per heavy atom. The average molecular weight is 389 g/mol. The van der Waals surface area contributed by atoms with E-state index >= 15 is 0 Å². The molecule has 0 bridgehead atoms. The van der Waals surface area contributed by atoms with Gasteiger partial charge in [-0.05, 0) is 30.3 Å². The van der Waals surface area contributed by atoms with Crippen molar-refractivity contribution in [3.63, 3.8) is 0 Å². The van der Waals surface area contributed by atoms with E-state index in [4.69, 9.17) is 14.7 Å². The fourth-order valence-corrected chi connectivity index (χ4v) is 2.94. The number of methoxy groups -OCH3 is 1. The van der Waals surface area contributed by atoms with Gasteiger partial charge in [0, 0.05) is 37.1 Å². The summed E-state index contributed by atoms with van der Waals surface area (Å²) in [5.41, 5.74) is 3.13. The van der Waals surface area contributed by atoms with Gasteiger partial charge in [0.05, 0.1) is 30.1 Å². The van der Waals surface area contributed by atoms with Crippen LogP contribution in [0.1, 0.15) is 5.69 Å². The molecule has 2 heterocycles. The number of fused-ring (bicyclic) bond motifs is 1. The van der Waals surface area contributed by atoms with Crippen molar-refractivity contribution in [1.82, 2.24) is 14.5 Å². The van der Waals surface area contributed by atoms with E-state index < -0.39 is 0 Å². The summed E-state index contributed by atoms with van der Waals surface area (Å²) in [6.07, 6.45) is 2.83. The third-order valence-corrected chi connectivity index (χ3v) is 4.36. The van der Waals surface area contributed by atoms with Gasteiger partial charge in [0.2, 0.25) is 5.95 Å². The quantitative estimate of drug-likeness (QED) is 0.290. The van der Waals surface area contributed by atoms with Crippen LogP contribution in [0.4, 0.5) is 11.6 Å². The fraction of sp³-hybridized carbons (Fsp3) is 0.0952. The van der Waals surface area contributed by atoms with E-state index in [0.717, 1.165) is 22.5 Å². The van der Waals surface area contributed by atoms with Gasteiger partial charge in [-0.3, -0.25) is 4.98 Å². The lowest BCUT2D eigenvalue weighted by Crippen LogP contribution is -1.99. The van der Waals surface area contributed by atoms with Crippen molar-refractivity contribution in [2.75, 3.05) is 12.4 Å². The number of anilines is 2. The number of imidazole rings is 1. The molecule has 0 spiro atoms. The summed E-state index contributed by atoms with van der Waals surface area (Å²) in [6, 6.07) is 16.8. The predicted octanol–water partition coefficient (Wildman–Crippen LogP) is 4.32. The molecule has 0 aliphatic rings. The number of nitrogens with one attached hydrogen (secondary N) is 1.